The van der Waals surface area contributed by atoms with Crippen molar-refractivity contribution in [3.05, 3.63) is 46.1 Å². The highest BCUT2D eigenvalue weighted by Gasteiger charge is 2.41. The molecule has 2 heterocycles. The van der Waals surface area contributed by atoms with Crippen molar-refractivity contribution >= 4 is 23.1 Å². The van der Waals surface area contributed by atoms with Gasteiger partial charge in [0, 0.05) is 26.1 Å². The number of halogens is 1. The molecule has 0 aliphatic carbocycles. The second-order valence-electron chi connectivity index (χ2n) is 6.92. The molecule has 0 unspecified atom stereocenters. The van der Waals surface area contributed by atoms with Crippen LogP contribution in [0.2, 0.25) is 0 Å². The molecule has 0 spiro atoms. The molecule has 0 amide bonds. The maximum Gasteiger partial charge on any atom is 0.184 e. The topological polar surface area (TPSA) is 76.7 Å². The number of ketones is 1. The van der Waals surface area contributed by atoms with Crippen molar-refractivity contribution in [2.75, 3.05) is 13.6 Å². The van der Waals surface area contributed by atoms with Gasteiger partial charge in [0.2, 0.25) is 0 Å². The van der Waals surface area contributed by atoms with Crippen molar-refractivity contribution in [1.82, 2.24) is 5.32 Å². The minimum absolute atomic E-state index is 0.0884. The van der Waals surface area contributed by atoms with Crippen LogP contribution in [0, 0.1) is 0 Å². The number of Topliss-reactive ketones (excluding diaryl/α,β-unsaturated/α-hetero) is 1. The third kappa shape index (κ3) is 4.00. The van der Waals surface area contributed by atoms with Crippen molar-refractivity contribution in [3.8, 4) is 0 Å². The molecule has 140 valence electrons. The molecule has 2 aliphatic rings. The third-order valence-electron chi connectivity index (χ3n) is 5.05. The van der Waals surface area contributed by atoms with Crippen LogP contribution in [0.5, 0.6) is 0 Å². The number of ether oxygens (including phenoxy) is 1. The Hall–Kier alpha value is -1.69. The smallest absolute Gasteiger partial charge is 0.184 e. The quantitative estimate of drug-likeness (QED) is 0.567. The van der Waals surface area contributed by atoms with Gasteiger partial charge in [-0.05, 0) is 24.0 Å². The lowest BCUT2D eigenvalue weighted by atomic mass is 9.99. The molecule has 2 bridgehead atoms. The first kappa shape index (κ1) is 19.1. The average Bonchev–Trinajstić information content (AvgIpc) is 3.29. The highest BCUT2D eigenvalue weighted by Crippen LogP contribution is 2.36. The second-order valence-corrected chi connectivity index (χ2v) is 7.30. The molecular weight excluding hydrogens is 350 g/mol. The average molecular weight is 376 g/mol. The summed E-state index contributed by atoms with van der Waals surface area (Å²) in [4.78, 5) is 16.6. The van der Waals surface area contributed by atoms with Crippen LogP contribution in [0.15, 0.2) is 40.0 Å². The van der Waals surface area contributed by atoms with Crippen LogP contribution in [-0.4, -0.2) is 37.2 Å². The molecule has 26 heavy (non-hydrogen) atoms. The second kappa shape index (κ2) is 8.33. The Morgan fingerprint density at radius 1 is 1.38 bits per heavy atom. The van der Waals surface area contributed by atoms with Crippen molar-refractivity contribution in [2.45, 2.75) is 50.9 Å². The fraction of sp³-hybridized carbons (Fsp3) is 0.500. The zero-order valence-corrected chi connectivity index (χ0v) is 16.1. The van der Waals surface area contributed by atoms with Gasteiger partial charge in [-0.2, -0.15) is 0 Å². The van der Waals surface area contributed by atoms with Crippen molar-refractivity contribution in [2.24, 2.45) is 10.7 Å². The molecule has 2 aliphatic heterocycles. The lowest BCUT2D eigenvalue weighted by molar-refractivity contribution is -0.115. The third-order valence-corrected chi connectivity index (χ3v) is 5.47. The van der Waals surface area contributed by atoms with Gasteiger partial charge >= 0.3 is 0 Å². The van der Waals surface area contributed by atoms with Gasteiger partial charge in [0.05, 0.1) is 28.6 Å². The molecule has 2 fully saturated rings. The lowest BCUT2D eigenvalue weighted by Gasteiger charge is -2.23. The summed E-state index contributed by atoms with van der Waals surface area (Å²) in [5, 5.41) is 3.75. The maximum atomic E-state index is 12.5. The van der Waals surface area contributed by atoms with Crippen molar-refractivity contribution < 1.29 is 9.53 Å². The van der Waals surface area contributed by atoms with E-state index < -0.39 is 0 Å². The normalized spacial score (nSPS) is 26.1. The summed E-state index contributed by atoms with van der Waals surface area (Å²) >= 11 is 6.26. The van der Waals surface area contributed by atoms with Crippen molar-refractivity contribution in [1.29, 1.82) is 0 Å². The molecule has 2 saturated heterocycles. The Kier molecular flexibility index (Phi) is 6.12. The van der Waals surface area contributed by atoms with Crippen LogP contribution in [0.25, 0.3) is 0 Å². The van der Waals surface area contributed by atoms with Gasteiger partial charge in [-0.15, -0.1) is 0 Å². The molecule has 3 rings (SSSR count). The van der Waals surface area contributed by atoms with Gasteiger partial charge in [0.25, 0.3) is 0 Å². The fourth-order valence-electron chi connectivity index (χ4n) is 3.62. The highest BCUT2D eigenvalue weighted by molar-refractivity contribution is 6.45. The van der Waals surface area contributed by atoms with Crippen LogP contribution >= 0.6 is 11.6 Å². The number of rotatable bonds is 7. The summed E-state index contributed by atoms with van der Waals surface area (Å²) in [5.41, 5.74) is 8.79. The number of hydrogen-bond acceptors (Lipinski definition) is 5. The van der Waals surface area contributed by atoms with Crippen LogP contribution in [0.3, 0.4) is 0 Å². The van der Waals surface area contributed by atoms with E-state index in [1.54, 1.807) is 7.05 Å². The molecule has 1 aromatic carbocycles. The molecule has 1 aromatic rings. The van der Waals surface area contributed by atoms with Gasteiger partial charge in [-0.3, -0.25) is 9.79 Å². The summed E-state index contributed by atoms with van der Waals surface area (Å²) < 4.78 is 6.01. The van der Waals surface area contributed by atoms with E-state index in [0.717, 1.165) is 30.5 Å². The van der Waals surface area contributed by atoms with Gasteiger partial charge in [0.1, 0.15) is 0 Å². The largest absolute Gasteiger partial charge is 0.395 e. The van der Waals surface area contributed by atoms with E-state index in [9.17, 15) is 4.79 Å². The Morgan fingerprint density at radius 2 is 2.12 bits per heavy atom. The van der Waals surface area contributed by atoms with Crippen LogP contribution in [0.4, 0.5) is 0 Å². The molecule has 3 N–H and O–H groups in total. The van der Waals surface area contributed by atoms with Crippen LogP contribution < -0.4 is 11.1 Å². The standard InChI is InChI=1S/C20H26ClN3O2/c1-3-4-15(23-2)18(21)19(22)17(25)9-12-5-7-13(8-6-12)20-16-10-14(26-20)11-24-16/h5-8,14,16,20,24H,3-4,9-11,22H2,1-2H3/t14-,16-,20+/m0/s1. The Labute approximate surface area is 159 Å². The number of allylic oxidation sites excluding steroid dienone is 2. The molecule has 6 heteroatoms. The maximum absolute atomic E-state index is 12.5. The van der Waals surface area contributed by atoms with E-state index in [4.69, 9.17) is 22.1 Å². The first-order valence-corrected chi connectivity index (χ1v) is 9.53. The van der Waals surface area contributed by atoms with E-state index in [1.807, 2.05) is 31.2 Å². The van der Waals surface area contributed by atoms with E-state index in [0.29, 0.717) is 24.3 Å². The first-order valence-electron chi connectivity index (χ1n) is 9.15. The minimum atomic E-state index is -0.183. The molecule has 5 nitrogen and oxygen atoms in total. The van der Waals surface area contributed by atoms with E-state index in [-0.39, 0.29) is 29.0 Å². The minimum Gasteiger partial charge on any atom is -0.395 e. The summed E-state index contributed by atoms with van der Waals surface area (Å²) in [6, 6.07) is 8.39. The molecular formula is C20H26ClN3O2. The first-order chi connectivity index (χ1) is 12.5. The molecule has 0 radical (unpaired) electrons. The zero-order valence-electron chi connectivity index (χ0n) is 15.3. The SMILES string of the molecule is CCCC(=NC)C(Cl)=C(N)C(=O)Cc1ccc([C@H]2O[C@@H]3CN[C@H]2C3)cc1. The van der Waals surface area contributed by atoms with Gasteiger partial charge in [-0.1, -0.05) is 49.2 Å². The number of carbonyl (C=O) groups is 1. The predicted molar refractivity (Wildman–Crippen MR) is 105 cm³/mol. The van der Waals surface area contributed by atoms with Crippen molar-refractivity contribution in [3.63, 3.8) is 0 Å². The number of morpholine rings is 1. The summed E-state index contributed by atoms with van der Waals surface area (Å²) in [7, 11) is 1.66. The number of hydrogen-bond donors (Lipinski definition) is 2. The Morgan fingerprint density at radius 3 is 2.65 bits per heavy atom. The summed E-state index contributed by atoms with van der Waals surface area (Å²) in [6.45, 7) is 2.98. The number of fused-ring (bicyclic) bond motifs is 2. The summed E-state index contributed by atoms with van der Waals surface area (Å²) in [6.07, 6.45) is 3.33. The highest BCUT2D eigenvalue weighted by atomic mass is 35.5. The predicted octanol–water partition coefficient (Wildman–Crippen LogP) is 2.88. The van der Waals surface area contributed by atoms with E-state index >= 15 is 0 Å². The number of nitrogens with zero attached hydrogens (tertiary/aromatic N) is 1. The van der Waals surface area contributed by atoms with Gasteiger partial charge in [0.15, 0.2) is 5.78 Å². The van der Waals surface area contributed by atoms with Crippen LogP contribution in [-0.2, 0) is 16.0 Å². The fourth-order valence-corrected chi connectivity index (χ4v) is 3.90. The van der Waals surface area contributed by atoms with E-state index in [1.165, 1.54) is 0 Å². The lowest BCUT2D eigenvalue weighted by Crippen LogP contribution is -2.33. The number of benzene rings is 1. The zero-order chi connectivity index (χ0) is 18.7. The summed E-state index contributed by atoms with van der Waals surface area (Å²) in [5.74, 6) is -0.183. The van der Waals surface area contributed by atoms with Gasteiger partial charge in [-0.25, -0.2) is 0 Å². The number of nitrogens with one attached hydrogen (secondary N) is 1. The Bertz CT molecular complexity index is 727. The number of aliphatic imine (C=N–C) groups is 1. The van der Waals surface area contributed by atoms with Gasteiger partial charge < -0.3 is 15.8 Å². The molecule has 0 aromatic heterocycles. The number of carbonyl (C=O) groups excluding carboxylic acids is 1. The Balaban J connectivity index is 1.66. The monoisotopic (exact) mass is 375 g/mol. The van der Waals surface area contributed by atoms with E-state index in [2.05, 4.69) is 10.3 Å². The number of nitrogens with two attached hydrogens (primary N) is 1. The van der Waals surface area contributed by atoms with Crippen LogP contribution in [0.1, 0.15) is 43.4 Å². The molecule has 3 atom stereocenters. The molecule has 0 saturated carbocycles.